The standard InChI is InChI=1S/C18H30O2Si2/c21-17(10-4-6-12-19-17)14-16(15-8-2-1-3-9-15)18(22)11-5-7-13-20-18/h1-3,8-9,16H,4-7,10-14H2,21-22H3. The first kappa shape index (κ1) is 16.4. The van der Waals surface area contributed by atoms with Crippen LogP contribution in [0, 0.1) is 0 Å². The van der Waals surface area contributed by atoms with Gasteiger partial charge in [0.25, 0.3) is 0 Å². The normalized spacial score (nSPS) is 34.5. The predicted molar refractivity (Wildman–Crippen MR) is 98.7 cm³/mol. The Morgan fingerprint density at radius 3 is 2.18 bits per heavy atom. The van der Waals surface area contributed by atoms with Crippen molar-refractivity contribution in [3.8, 4) is 0 Å². The Morgan fingerprint density at radius 2 is 1.59 bits per heavy atom. The molecule has 3 rings (SSSR count). The first-order chi connectivity index (χ1) is 10.6. The molecule has 2 aliphatic heterocycles. The van der Waals surface area contributed by atoms with Crippen molar-refractivity contribution in [2.45, 2.75) is 61.3 Å². The molecule has 4 heteroatoms. The van der Waals surface area contributed by atoms with Crippen molar-refractivity contribution >= 4 is 20.5 Å². The Balaban J connectivity index is 1.86. The van der Waals surface area contributed by atoms with Gasteiger partial charge in [0, 0.05) is 44.8 Å². The van der Waals surface area contributed by atoms with Crippen molar-refractivity contribution in [1.82, 2.24) is 0 Å². The van der Waals surface area contributed by atoms with Gasteiger partial charge in [-0.1, -0.05) is 30.3 Å². The molecule has 2 heterocycles. The third kappa shape index (κ3) is 3.73. The van der Waals surface area contributed by atoms with Crippen LogP contribution in [-0.2, 0) is 9.47 Å². The second-order valence-electron chi connectivity index (χ2n) is 7.54. The average molecular weight is 335 g/mol. The molecule has 2 saturated heterocycles. The van der Waals surface area contributed by atoms with Crippen molar-refractivity contribution in [3.05, 3.63) is 35.9 Å². The van der Waals surface area contributed by atoms with Gasteiger partial charge >= 0.3 is 0 Å². The van der Waals surface area contributed by atoms with Crippen molar-refractivity contribution in [3.63, 3.8) is 0 Å². The van der Waals surface area contributed by atoms with E-state index in [1.807, 2.05) is 0 Å². The lowest BCUT2D eigenvalue weighted by molar-refractivity contribution is -0.0707. The van der Waals surface area contributed by atoms with E-state index in [4.69, 9.17) is 9.47 Å². The summed E-state index contributed by atoms with van der Waals surface area (Å²) in [4.78, 5) is 0. The van der Waals surface area contributed by atoms with Crippen LogP contribution in [-0.4, -0.2) is 44.1 Å². The number of benzene rings is 1. The highest BCUT2D eigenvalue weighted by molar-refractivity contribution is 6.16. The summed E-state index contributed by atoms with van der Waals surface area (Å²) >= 11 is 0. The maximum absolute atomic E-state index is 6.39. The Morgan fingerprint density at radius 1 is 0.909 bits per heavy atom. The average Bonchev–Trinajstić information content (AvgIpc) is 2.55. The SMILES string of the molecule is [SiH3]C1(CC(c2ccccc2)C2([SiH3])CCCCO2)CCCCO1. The maximum atomic E-state index is 6.39. The van der Waals surface area contributed by atoms with E-state index in [0.29, 0.717) is 5.92 Å². The molecule has 1 aromatic carbocycles. The molecule has 3 unspecified atom stereocenters. The summed E-state index contributed by atoms with van der Waals surface area (Å²) in [6.07, 6.45) is 8.77. The zero-order valence-electron chi connectivity index (χ0n) is 14.1. The Bertz CT molecular complexity index is 465. The molecule has 1 aromatic rings. The van der Waals surface area contributed by atoms with Crippen molar-refractivity contribution in [2.24, 2.45) is 0 Å². The van der Waals surface area contributed by atoms with Gasteiger partial charge in [0.05, 0.1) is 5.22 Å². The van der Waals surface area contributed by atoms with Gasteiger partial charge in [-0.25, -0.2) is 0 Å². The first-order valence-corrected chi connectivity index (χ1v) is 10.9. The molecule has 0 radical (unpaired) electrons. The molecule has 122 valence electrons. The molecule has 0 N–H and O–H groups in total. The highest BCUT2D eigenvalue weighted by Gasteiger charge is 2.42. The topological polar surface area (TPSA) is 18.5 Å². The fraction of sp³-hybridized carbons (Fsp3) is 0.667. The molecule has 0 bridgehead atoms. The highest BCUT2D eigenvalue weighted by Crippen LogP contribution is 2.43. The molecule has 2 aliphatic rings. The molecule has 0 aromatic heterocycles. The summed E-state index contributed by atoms with van der Waals surface area (Å²) in [6.45, 7) is 1.90. The Labute approximate surface area is 140 Å². The van der Waals surface area contributed by atoms with Crippen molar-refractivity contribution in [1.29, 1.82) is 0 Å². The minimum absolute atomic E-state index is 0.109. The number of ether oxygens (including phenoxy) is 2. The number of hydrogen-bond donors (Lipinski definition) is 0. The summed E-state index contributed by atoms with van der Waals surface area (Å²) in [7, 11) is 2.23. The van der Waals surface area contributed by atoms with Crippen LogP contribution in [0.4, 0.5) is 0 Å². The van der Waals surface area contributed by atoms with E-state index in [1.165, 1.54) is 44.1 Å². The van der Waals surface area contributed by atoms with Crippen LogP contribution in [0.25, 0.3) is 0 Å². The van der Waals surface area contributed by atoms with E-state index in [0.717, 1.165) is 40.1 Å². The Kier molecular flexibility index (Phi) is 5.22. The van der Waals surface area contributed by atoms with Gasteiger partial charge in [0.2, 0.25) is 0 Å². The van der Waals surface area contributed by atoms with Gasteiger partial charge in [-0.05, 0) is 50.5 Å². The molecule has 0 spiro atoms. The quantitative estimate of drug-likeness (QED) is 0.780. The molecule has 0 saturated carbocycles. The largest absolute Gasteiger partial charge is 0.380 e. The third-order valence-corrected chi connectivity index (χ3v) is 8.31. The number of rotatable bonds is 4. The van der Waals surface area contributed by atoms with E-state index in [2.05, 4.69) is 30.3 Å². The predicted octanol–water partition coefficient (Wildman–Crippen LogP) is 1.68. The zero-order chi connectivity index (χ0) is 15.5. The van der Waals surface area contributed by atoms with Gasteiger partial charge in [0.1, 0.15) is 0 Å². The molecule has 0 aliphatic carbocycles. The molecular weight excluding hydrogens is 304 g/mol. The minimum atomic E-state index is 0.109. The van der Waals surface area contributed by atoms with Gasteiger partial charge < -0.3 is 9.47 Å². The van der Waals surface area contributed by atoms with Crippen LogP contribution in [0.5, 0.6) is 0 Å². The molecule has 3 atom stereocenters. The summed E-state index contributed by atoms with van der Waals surface area (Å²) in [5, 5.41) is 0.273. The molecule has 0 amide bonds. The van der Waals surface area contributed by atoms with Gasteiger partial charge in [-0.15, -0.1) is 0 Å². The lowest BCUT2D eigenvalue weighted by Gasteiger charge is -2.46. The third-order valence-electron chi connectivity index (χ3n) is 5.62. The molecule has 22 heavy (non-hydrogen) atoms. The van der Waals surface area contributed by atoms with Crippen LogP contribution in [0.1, 0.15) is 56.4 Å². The van der Waals surface area contributed by atoms with Crippen LogP contribution < -0.4 is 0 Å². The molecule has 2 nitrogen and oxygen atoms in total. The van der Waals surface area contributed by atoms with Crippen molar-refractivity contribution in [2.75, 3.05) is 13.2 Å². The van der Waals surface area contributed by atoms with Crippen LogP contribution in [0.3, 0.4) is 0 Å². The first-order valence-electron chi connectivity index (χ1n) is 8.94. The summed E-state index contributed by atoms with van der Waals surface area (Å²) in [5.41, 5.74) is 1.46. The molecular formula is C18H30O2Si2. The van der Waals surface area contributed by atoms with E-state index in [-0.39, 0.29) is 10.4 Å². The van der Waals surface area contributed by atoms with Crippen LogP contribution in [0.15, 0.2) is 30.3 Å². The number of hydrogen-bond acceptors (Lipinski definition) is 2. The van der Waals surface area contributed by atoms with E-state index < -0.39 is 0 Å². The highest BCUT2D eigenvalue weighted by atomic mass is 28.1. The van der Waals surface area contributed by atoms with Gasteiger partial charge in [-0.2, -0.15) is 0 Å². The van der Waals surface area contributed by atoms with E-state index in [9.17, 15) is 0 Å². The van der Waals surface area contributed by atoms with Crippen molar-refractivity contribution < 1.29 is 9.47 Å². The summed E-state index contributed by atoms with van der Waals surface area (Å²) in [5.74, 6) is 0.510. The van der Waals surface area contributed by atoms with E-state index >= 15 is 0 Å². The van der Waals surface area contributed by atoms with E-state index in [1.54, 1.807) is 0 Å². The van der Waals surface area contributed by atoms with Gasteiger partial charge in [0.15, 0.2) is 0 Å². The van der Waals surface area contributed by atoms with Gasteiger partial charge in [-0.3, -0.25) is 0 Å². The Hall–Kier alpha value is -0.426. The fourth-order valence-corrected chi connectivity index (χ4v) is 6.25. The second-order valence-corrected chi connectivity index (χ2v) is 11.1. The summed E-state index contributed by atoms with van der Waals surface area (Å²) < 4.78 is 12.7. The zero-order valence-corrected chi connectivity index (χ0v) is 18.1. The lowest BCUT2D eigenvalue weighted by atomic mass is 9.82. The minimum Gasteiger partial charge on any atom is -0.380 e. The smallest absolute Gasteiger partial charge is 0.0553 e. The lowest BCUT2D eigenvalue weighted by Crippen LogP contribution is -2.48. The monoisotopic (exact) mass is 334 g/mol. The maximum Gasteiger partial charge on any atom is 0.0553 e. The fourth-order valence-electron chi connectivity index (χ4n) is 4.19. The second kappa shape index (κ2) is 6.99. The van der Waals surface area contributed by atoms with Crippen LogP contribution >= 0.6 is 0 Å². The molecule has 2 fully saturated rings. The van der Waals surface area contributed by atoms with Crippen LogP contribution in [0.2, 0.25) is 0 Å². The summed E-state index contributed by atoms with van der Waals surface area (Å²) in [6, 6.07) is 11.1.